The minimum absolute atomic E-state index is 0.0136. The summed E-state index contributed by atoms with van der Waals surface area (Å²) in [6.45, 7) is 3.02. The van der Waals surface area contributed by atoms with E-state index in [2.05, 4.69) is 0 Å². The number of nitrogens with two attached hydrogens (primary N) is 1. The van der Waals surface area contributed by atoms with Gasteiger partial charge in [0.05, 0.1) is 5.56 Å². The molecule has 1 heterocycles. The van der Waals surface area contributed by atoms with Crippen LogP contribution in [0.15, 0.2) is 18.2 Å². The normalized spacial score (nSPS) is 23.4. The molecule has 1 aromatic rings. The van der Waals surface area contributed by atoms with Crippen LogP contribution in [0.3, 0.4) is 0 Å². The predicted molar refractivity (Wildman–Crippen MR) is 65.7 cm³/mol. The van der Waals surface area contributed by atoms with Gasteiger partial charge in [-0.1, -0.05) is 6.92 Å². The second kappa shape index (κ2) is 4.94. The molecule has 1 aromatic carbocycles. The second-order valence-electron chi connectivity index (χ2n) is 4.73. The van der Waals surface area contributed by atoms with Crippen LogP contribution in [-0.4, -0.2) is 35.0 Å². The maximum atomic E-state index is 13.6. The number of carbonyl (C=O) groups excluding carboxylic acids is 1. The fourth-order valence-corrected chi connectivity index (χ4v) is 2.45. The van der Waals surface area contributed by atoms with Gasteiger partial charge in [0.2, 0.25) is 0 Å². The van der Waals surface area contributed by atoms with Crippen LogP contribution in [-0.2, 0) is 0 Å². The van der Waals surface area contributed by atoms with Crippen LogP contribution in [0.5, 0.6) is 5.75 Å². The molecule has 2 unspecified atom stereocenters. The Bertz CT molecular complexity index is 464. The molecule has 2 atom stereocenters. The summed E-state index contributed by atoms with van der Waals surface area (Å²) in [7, 11) is 0. The molecule has 98 valence electrons. The van der Waals surface area contributed by atoms with Gasteiger partial charge in [0, 0.05) is 25.2 Å². The number of likely N-dealkylation sites (tertiary alicyclic amines) is 1. The van der Waals surface area contributed by atoms with Crippen LogP contribution in [0.2, 0.25) is 0 Å². The van der Waals surface area contributed by atoms with Gasteiger partial charge < -0.3 is 15.7 Å². The second-order valence-corrected chi connectivity index (χ2v) is 4.73. The van der Waals surface area contributed by atoms with Gasteiger partial charge in [0.1, 0.15) is 11.6 Å². The van der Waals surface area contributed by atoms with Crippen molar-refractivity contribution in [1.82, 2.24) is 4.90 Å². The van der Waals surface area contributed by atoms with Gasteiger partial charge in [-0.2, -0.15) is 0 Å². The molecule has 0 aromatic heterocycles. The first-order valence-corrected chi connectivity index (χ1v) is 6.04. The topological polar surface area (TPSA) is 66.6 Å². The molecule has 4 nitrogen and oxygen atoms in total. The third kappa shape index (κ3) is 2.18. The van der Waals surface area contributed by atoms with Crippen molar-refractivity contribution in [2.75, 3.05) is 13.1 Å². The lowest BCUT2D eigenvalue weighted by Gasteiger charge is -2.25. The molecule has 0 aliphatic carbocycles. The highest BCUT2D eigenvalue weighted by atomic mass is 19.1. The molecular formula is C13H17FN2O2. The monoisotopic (exact) mass is 252 g/mol. The summed E-state index contributed by atoms with van der Waals surface area (Å²) in [6, 6.07) is 3.53. The highest BCUT2D eigenvalue weighted by Crippen LogP contribution is 2.26. The summed E-state index contributed by atoms with van der Waals surface area (Å²) in [5, 5.41) is 9.14. The van der Waals surface area contributed by atoms with Crippen LogP contribution in [0.1, 0.15) is 23.7 Å². The number of phenolic OH excluding ortho intramolecular Hbond substituents is 1. The average Bonchev–Trinajstić information content (AvgIpc) is 2.69. The molecule has 0 saturated carbocycles. The van der Waals surface area contributed by atoms with Crippen molar-refractivity contribution in [3.63, 3.8) is 0 Å². The number of benzene rings is 1. The van der Waals surface area contributed by atoms with E-state index in [1.165, 1.54) is 12.1 Å². The van der Waals surface area contributed by atoms with E-state index in [1.807, 2.05) is 6.92 Å². The third-order valence-electron chi connectivity index (χ3n) is 3.57. The molecule has 18 heavy (non-hydrogen) atoms. The number of phenols is 1. The number of hydrogen-bond acceptors (Lipinski definition) is 3. The molecule has 1 saturated heterocycles. The number of rotatable bonds is 2. The smallest absolute Gasteiger partial charge is 0.257 e. The first-order chi connectivity index (χ1) is 8.54. The Labute approximate surface area is 105 Å². The molecule has 0 radical (unpaired) electrons. The summed E-state index contributed by atoms with van der Waals surface area (Å²) in [5.41, 5.74) is 5.65. The summed E-state index contributed by atoms with van der Waals surface area (Å²) in [5.74, 6) is -0.907. The minimum Gasteiger partial charge on any atom is -0.508 e. The van der Waals surface area contributed by atoms with Crippen molar-refractivity contribution in [2.45, 2.75) is 19.4 Å². The first kappa shape index (κ1) is 12.8. The zero-order chi connectivity index (χ0) is 13.3. The zero-order valence-corrected chi connectivity index (χ0v) is 10.3. The molecular weight excluding hydrogens is 235 g/mol. The maximum Gasteiger partial charge on any atom is 0.257 e. The molecule has 1 aliphatic heterocycles. The highest BCUT2D eigenvalue weighted by Gasteiger charge is 2.34. The first-order valence-electron chi connectivity index (χ1n) is 6.04. The van der Waals surface area contributed by atoms with Crippen molar-refractivity contribution in [2.24, 2.45) is 11.7 Å². The lowest BCUT2D eigenvalue weighted by atomic mass is 10.0. The lowest BCUT2D eigenvalue weighted by molar-refractivity contribution is 0.0722. The summed E-state index contributed by atoms with van der Waals surface area (Å²) >= 11 is 0. The van der Waals surface area contributed by atoms with Gasteiger partial charge >= 0.3 is 0 Å². The van der Waals surface area contributed by atoms with E-state index >= 15 is 0 Å². The van der Waals surface area contributed by atoms with E-state index in [4.69, 9.17) is 10.8 Å². The van der Waals surface area contributed by atoms with Gasteiger partial charge in [-0.15, -0.1) is 0 Å². The van der Waals surface area contributed by atoms with Gasteiger partial charge in [0.25, 0.3) is 5.91 Å². The van der Waals surface area contributed by atoms with Gasteiger partial charge in [-0.3, -0.25) is 4.79 Å². The molecule has 5 heteroatoms. The van der Waals surface area contributed by atoms with Crippen LogP contribution in [0.25, 0.3) is 0 Å². The highest BCUT2D eigenvalue weighted by molar-refractivity contribution is 5.95. The quantitative estimate of drug-likeness (QED) is 0.834. The van der Waals surface area contributed by atoms with Gasteiger partial charge in [-0.25, -0.2) is 4.39 Å². The number of halogens is 1. The number of carbonyl (C=O) groups is 1. The number of hydrogen-bond donors (Lipinski definition) is 2. The molecule has 1 amide bonds. The Kier molecular flexibility index (Phi) is 3.52. The molecule has 0 spiro atoms. The Morgan fingerprint density at radius 2 is 2.33 bits per heavy atom. The SMILES string of the molecule is CC1CCN(C(=O)c2ccc(O)cc2F)C1CN. The Balaban J connectivity index is 2.26. The van der Waals surface area contributed by atoms with Crippen LogP contribution < -0.4 is 5.73 Å². The predicted octanol–water partition coefficient (Wildman–Crippen LogP) is 1.34. The van der Waals surface area contributed by atoms with Gasteiger partial charge in [0.15, 0.2) is 0 Å². The molecule has 1 fully saturated rings. The summed E-state index contributed by atoms with van der Waals surface area (Å²) in [4.78, 5) is 13.9. The van der Waals surface area contributed by atoms with E-state index < -0.39 is 5.82 Å². The van der Waals surface area contributed by atoms with E-state index in [0.717, 1.165) is 12.5 Å². The number of amides is 1. The average molecular weight is 252 g/mol. The van der Waals surface area contributed by atoms with E-state index in [-0.39, 0.29) is 23.3 Å². The van der Waals surface area contributed by atoms with E-state index in [0.29, 0.717) is 19.0 Å². The fraction of sp³-hybridized carbons (Fsp3) is 0.462. The van der Waals surface area contributed by atoms with Crippen LogP contribution >= 0.6 is 0 Å². The molecule has 3 N–H and O–H groups in total. The largest absolute Gasteiger partial charge is 0.508 e. The maximum absolute atomic E-state index is 13.6. The summed E-state index contributed by atoms with van der Waals surface area (Å²) < 4.78 is 13.6. The van der Waals surface area contributed by atoms with Crippen molar-refractivity contribution >= 4 is 5.91 Å². The Hall–Kier alpha value is -1.62. The summed E-state index contributed by atoms with van der Waals surface area (Å²) in [6.07, 6.45) is 0.882. The van der Waals surface area contributed by atoms with Crippen molar-refractivity contribution < 1.29 is 14.3 Å². The number of nitrogens with zero attached hydrogens (tertiary/aromatic N) is 1. The van der Waals surface area contributed by atoms with Gasteiger partial charge in [-0.05, 0) is 24.5 Å². The number of aromatic hydroxyl groups is 1. The fourth-order valence-electron chi connectivity index (χ4n) is 2.45. The lowest BCUT2D eigenvalue weighted by Crippen LogP contribution is -2.42. The molecule has 0 bridgehead atoms. The minimum atomic E-state index is -0.699. The van der Waals surface area contributed by atoms with E-state index in [9.17, 15) is 9.18 Å². The zero-order valence-electron chi connectivity index (χ0n) is 10.3. The van der Waals surface area contributed by atoms with Crippen molar-refractivity contribution in [3.05, 3.63) is 29.6 Å². The Morgan fingerprint density at radius 1 is 1.61 bits per heavy atom. The van der Waals surface area contributed by atoms with Crippen molar-refractivity contribution in [3.8, 4) is 5.75 Å². The van der Waals surface area contributed by atoms with E-state index in [1.54, 1.807) is 4.90 Å². The third-order valence-corrected chi connectivity index (χ3v) is 3.57. The Morgan fingerprint density at radius 3 is 2.94 bits per heavy atom. The van der Waals surface area contributed by atoms with Crippen LogP contribution in [0.4, 0.5) is 4.39 Å². The molecule has 1 aliphatic rings. The molecule has 2 rings (SSSR count). The van der Waals surface area contributed by atoms with Crippen molar-refractivity contribution in [1.29, 1.82) is 0 Å². The standard InChI is InChI=1S/C13H17FN2O2/c1-8-4-5-16(12(8)7-15)13(18)10-3-2-9(17)6-11(10)14/h2-3,6,8,12,17H,4-5,7,15H2,1H3. The van der Waals surface area contributed by atoms with Crippen LogP contribution in [0, 0.1) is 11.7 Å².